The van der Waals surface area contributed by atoms with Gasteiger partial charge in [-0.05, 0) is 24.1 Å². The number of hydrogen-bond acceptors (Lipinski definition) is 2. The third-order valence-corrected chi connectivity index (χ3v) is 2.67. The van der Waals surface area contributed by atoms with Gasteiger partial charge in [-0.15, -0.1) is 12.4 Å². The Morgan fingerprint density at radius 1 is 1.32 bits per heavy atom. The molecule has 0 radical (unpaired) electrons. The van der Waals surface area contributed by atoms with Gasteiger partial charge in [-0.1, -0.05) is 12.1 Å². The maximum atomic E-state index is 12.3. The molecular weight excluding hydrogens is 281 g/mol. The van der Waals surface area contributed by atoms with Gasteiger partial charge in [0.05, 0.1) is 11.5 Å². The molecule has 0 bridgehead atoms. The van der Waals surface area contributed by atoms with Crippen LogP contribution in [0.4, 0.5) is 13.2 Å². The summed E-state index contributed by atoms with van der Waals surface area (Å²) in [5, 5.41) is 2.47. The monoisotopic (exact) mass is 296 g/mol. The average molecular weight is 297 g/mol. The lowest BCUT2D eigenvalue weighted by Gasteiger charge is -2.13. The molecule has 0 fully saturated rings. The number of alkyl halides is 3. The van der Waals surface area contributed by atoms with Crippen LogP contribution in [0.3, 0.4) is 0 Å². The van der Waals surface area contributed by atoms with E-state index in [2.05, 4.69) is 5.32 Å². The molecular formula is C12H16ClF3N2O. The topological polar surface area (TPSA) is 55.1 Å². The first kappa shape index (κ1) is 17.7. The molecule has 0 aromatic heterocycles. The maximum absolute atomic E-state index is 12.3. The van der Waals surface area contributed by atoms with E-state index in [1.807, 2.05) is 0 Å². The van der Waals surface area contributed by atoms with Gasteiger partial charge >= 0.3 is 6.18 Å². The lowest BCUT2D eigenvalue weighted by atomic mass is 9.98. The predicted molar refractivity (Wildman–Crippen MR) is 69.0 cm³/mol. The highest BCUT2D eigenvalue weighted by molar-refractivity contribution is 5.85. The third-order valence-electron chi connectivity index (χ3n) is 2.67. The fourth-order valence-electron chi connectivity index (χ4n) is 1.60. The van der Waals surface area contributed by atoms with Crippen LogP contribution in [-0.2, 0) is 17.4 Å². The van der Waals surface area contributed by atoms with Crippen LogP contribution in [-0.4, -0.2) is 19.5 Å². The van der Waals surface area contributed by atoms with Crippen LogP contribution in [0.25, 0.3) is 0 Å². The SMILES string of the molecule is CNC(=O)C(CN)Cc1ccc(C(F)(F)F)cc1.Cl. The summed E-state index contributed by atoms with van der Waals surface area (Å²) in [5.74, 6) is -0.635. The van der Waals surface area contributed by atoms with Crippen molar-refractivity contribution in [3.63, 3.8) is 0 Å². The van der Waals surface area contributed by atoms with Crippen molar-refractivity contribution in [2.24, 2.45) is 11.7 Å². The average Bonchev–Trinajstić information content (AvgIpc) is 2.34. The molecule has 3 N–H and O–H groups in total. The lowest BCUT2D eigenvalue weighted by Crippen LogP contribution is -2.34. The molecule has 0 aliphatic rings. The van der Waals surface area contributed by atoms with E-state index in [1.165, 1.54) is 19.2 Å². The van der Waals surface area contributed by atoms with Crippen LogP contribution in [0, 0.1) is 5.92 Å². The number of benzene rings is 1. The quantitative estimate of drug-likeness (QED) is 0.893. The number of carbonyl (C=O) groups is 1. The number of rotatable bonds is 4. The van der Waals surface area contributed by atoms with Crippen LogP contribution >= 0.6 is 12.4 Å². The van der Waals surface area contributed by atoms with Gasteiger partial charge in [0.25, 0.3) is 0 Å². The van der Waals surface area contributed by atoms with Crippen molar-refractivity contribution in [1.82, 2.24) is 5.32 Å². The van der Waals surface area contributed by atoms with Gasteiger partial charge in [-0.25, -0.2) is 0 Å². The van der Waals surface area contributed by atoms with Crippen molar-refractivity contribution in [2.75, 3.05) is 13.6 Å². The van der Waals surface area contributed by atoms with Crippen LogP contribution in [0.5, 0.6) is 0 Å². The first-order valence-corrected chi connectivity index (χ1v) is 5.46. The molecule has 19 heavy (non-hydrogen) atoms. The second kappa shape index (κ2) is 7.35. The molecule has 7 heteroatoms. The van der Waals surface area contributed by atoms with Crippen LogP contribution < -0.4 is 11.1 Å². The van der Waals surface area contributed by atoms with E-state index in [4.69, 9.17) is 5.73 Å². The van der Waals surface area contributed by atoms with E-state index in [-0.39, 0.29) is 24.9 Å². The molecule has 0 heterocycles. The standard InChI is InChI=1S/C12H15F3N2O.ClH/c1-17-11(18)9(7-16)6-8-2-4-10(5-3-8)12(13,14)15;/h2-5,9H,6-7,16H2,1H3,(H,17,18);1H. The first-order valence-electron chi connectivity index (χ1n) is 5.46. The van der Waals surface area contributed by atoms with Gasteiger partial charge in [-0.3, -0.25) is 4.79 Å². The minimum Gasteiger partial charge on any atom is -0.359 e. The van der Waals surface area contributed by atoms with E-state index >= 15 is 0 Å². The van der Waals surface area contributed by atoms with E-state index in [9.17, 15) is 18.0 Å². The number of carbonyl (C=O) groups excluding carboxylic acids is 1. The zero-order chi connectivity index (χ0) is 13.8. The zero-order valence-electron chi connectivity index (χ0n) is 10.3. The molecule has 0 saturated carbocycles. The summed E-state index contributed by atoms with van der Waals surface area (Å²) in [4.78, 5) is 11.4. The third kappa shape index (κ3) is 5.08. The number of hydrogen-bond donors (Lipinski definition) is 2. The maximum Gasteiger partial charge on any atom is 0.416 e. The Morgan fingerprint density at radius 3 is 2.21 bits per heavy atom. The van der Waals surface area contributed by atoms with Crippen molar-refractivity contribution in [3.05, 3.63) is 35.4 Å². The normalized spacial score (nSPS) is 12.5. The van der Waals surface area contributed by atoms with E-state index in [1.54, 1.807) is 0 Å². The molecule has 0 aliphatic carbocycles. The van der Waals surface area contributed by atoms with Crippen molar-refractivity contribution in [3.8, 4) is 0 Å². The van der Waals surface area contributed by atoms with Crippen molar-refractivity contribution in [1.29, 1.82) is 0 Å². The van der Waals surface area contributed by atoms with Gasteiger partial charge in [-0.2, -0.15) is 13.2 Å². The Balaban J connectivity index is 0.00000324. The smallest absolute Gasteiger partial charge is 0.359 e. The Hall–Kier alpha value is -1.27. The number of halogens is 4. The van der Waals surface area contributed by atoms with Crippen LogP contribution in [0.1, 0.15) is 11.1 Å². The minimum absolute atomic E-state index is 0. The molecule has 108 valence electrons. The summed E-state index contributed by atoms with van der Waals surface area (Å²) in [7, 11) is 1.50. The molecule has 3 nitrogen and oxygen atoms in total. The largest absolute Gasteiger partial charge is 0.416 e. The molecule has 1 rings (SSSR count). The summed E-state index contributed by atoms with van der Waals surface area (Å²) >= 11 is 0. The molecule has 1 amide bonds. The highest BCUT2D eigenvalue weighted by Gasteiger charge is 2.30. The van der Waals surface area contributed by atoms with Crippen LogP contribution in [0.2, 0.25) is 0 Å². The number of nitrogens with two attached hydrogens (primary N) is 1. The molecule has 1 aromatic rings. The summed E-state index contributed by atoms with van der Waals surface area (Å²) in [6.07, 6.45) is -4.01. The molecule has 0 saturated heterocycles. The Kier molecular flexibility index (Phi) is 6.86. The Bertz CT molecular complexity index is 406. The number of nitrogens with one attached hydrogen (secondary N) is 1. The predicted octanol–water partition coefficient (Wildman–Crippen LogP) is 1.99. The highest BCUT2D eigenvalue weighted by Crippen LogP contribution is 2.29. The fraction of sp³-hybridized carbons (Fsp3) is 0.417. The second-order valence-electron chi connectivity index (χ2n) is 3.95. The molecule has 0 aliphatic heterocycles. The van der Waals surface area contributed by atoms with Crippen molar-refractivity contribution >= 4 is 18.3 Å². The summed E-state index contributed by atoms with van der Waals surface area (Å²) < 4.78 is 37.0. The van der Waals surface area contributed by atoms with Gasteiger partial charge < -0.3 is 11.1 Å². The zero-order valence-corrected chi connectivity index (χ0v) is 11.1. The Labute approximate surface area is 115 Å². The second-order valence-corrected chi connectivity index (χ2v) is 3.95. The Morgan fingerprint density at radius 2 is 1.84 bits per heavy atom. The van der Waals surface area contributed by atoms with E-state index in [0.29, 0.717) is 12.0 Å². The molecule has 0 spiro atoms. The van der Waals surface area contributed by atoms with Crippen molar-refractivity contribution < 1.29 is 18.0 Å². The fourth-order valence-corrected chi connectivity index (χ4v) is 1.60. The van der Waals surface area contributed by atoms with Crippen molar-refractivity contribution in [2.45, 2.75) is 12.6 Å². The molecule has 1 aromatic carbocycles. The summed E-state index contributed by atoms with van der Waals surface area (Å²) in [6.45, 7) is 0.153. The van der Waals surface area contributed by atoms with Gasteiger partial charge in [0.1, 0.15) is 0 Å². The van der Waals surface area contributed by atoms with Gasteiger partial charge in [0, 0.05) is 13.6 Å². The van der Waals surface area contributed by atoms with Crippen LogP contribution in [0.15, 0.2) is 24.3 Å². The minimum atomic E-state index is -4.34. The van der Waals surface area contributed by atoms with Gasteiger partial charge in [0.15, 0.2) is 0 Å². The van der Waals surface area contributed by atoms with E-state index < -0.39 is 17.7 Å². The van der Waals surface area contributed by atoms with Gasteiger partial charge in [0.2, 0.25) is 5.91 Å². The highest BCUT2D eigenvalue weighted by atomic mass is 35.5. The number of amides is 1. The molecule has 1 unspecified atom stereocenters. The van der Waals surface area contributed by atoms with E-state index in [0.717, 1.165) is 12.1 Å². The first-order chi connectivity index (χ1) is 8.38. The lowest BCUT2D eigenvalue weighted by molar-refractivity contribution is -0.137. The molecule has 1 atom stereocenters. The summed E-state index contributed by atoms with van der Waals surface area (Å²) in [5.41, 5.74) is 5.41. The summed E-state index contributed by atoms with van der Waals surface area (Å²) in [6, 6.07) is 4.75.